The highest BCUT2D eigenvalue weighted by molar-refractivity contribution is 5.83. The molecule has 2 heterocycles. The van der Waals surface area contributed by atoms with Crippen LogP contribution in [0.1, 0.15) is 18.4 Å². The molecule has 0 aliphatic carbocycles. The van der Waals surface area contributed by atoms with Crippen LogP contribution >= 0.6 is 0 Å². The van der Waals surface area contributed by atoms with Crippen molar-refractivity contribution in [2.24, 2.45) is 5.92 Å². The van der Waals surface area contributed by atoms with Crippen molar-refractivity contribution in [2.45, 2.75) is 19.4 Å². The van der Waals surface area contributed by atoms with Crippen molar-refractivity contribution in [3.63, 3.8) is 0 Å². The summed E-state index contributed by atoms with van der Waals surface area (Å²) in [6, 6.07) is 5.60. The van der Waals surface area contributed by atoms with E-state index in [1.165, 1.54) is 0 Å². The van der Waals surface area contributed by atoms with Gasteiger partial charge in [0.15, 0.2) is 11.5 Å². The van der Waals surface area contributed by atoms with Crippen molar-refractivity contribution in [1.29, 1.82) is 0 Å². The van der Waals surface area contributed by atoms with E-state index in [2.05, 4.69) is 10.6 Å². The normalized spacial score (nSPS) is 20.4. The van der Waals surface area contributed by atoms with E-state index in [9.17, 15) is 9.59 Å². The van der Waals surface area contributed by atoms with Crippen LogP contribution in [0.2, 0.25) is 0 Å². The largest absolute Gasteiger partial charge is 0.454 e. The summed E-state index contributed by atoms with van der Waals surface area (Å²) >= 11 is 0. The second-order valence-electron chi connectivity index (χ2n) is 4.95. The number of hydrogen-bond acceptors (Lipinski definition) is 4. The van der Waals surface area contributed by atoms with Crippen molar-refractivity contribution in [3.05, 3.63) is 23.8 Å². The molecule has 1 aromatic rings. The van der Waals surface area contributed by atoms with Crippen molar-refractivity contribution in [2.75, 3.05) is 13.3 Å². The van der Waals surface area contributed by atoms with Crippen LogP contribution in [0.4, 0.5) is 0 Å². The van der Waals surface area contributed by atoms with E-state index >= 15 is 0 Å². The smallest absolute Gasteiger partial charge is 0.231 e. The number of piperidine rings is 1. The lowest BCUT2D eigenvalue weighted by Crippen LogP contribution is -2.42. The highest BCUT2D eigenvalue weighted by Crippen LogP contribution is 2.32. The van der Waals surface area contributed by atoms with Gasteiger partial charge in [0.2, 0.25) is 18.6 Å². The summed E-state index contributed by atoms with van der Waals surface area (Å²) in [5.74, 6) is 1.30. The molecule has 1 saturated heterocycles. The van der Waals surface area contributed by atoms with Crippen molar-refractivity contribution >= 4 is 11.8 Å². The average molecular weight is 276 g/mol. The molecule has 1 fully saturated rings. The van der Waals surface area contributed by atoms with E-state index in [1.54, 1.807) is 0 Å². The van der Waals surface area contributed by atoms with Crippen molar-refractivity contribution < 1.29 is 19.1 Å². The Morgan fingerprint density at radius 1 is 1.35 bits per heavy atom. The predicted molar refractivity (Wildman–Crippen MR) is 70.1 cm³/mol. The van der Waals surface area contributed by atoms with Gasteiger partial charge >= 0.3 is 0 Å². The molecule has 0 bridgehead atoms. The fourth-order valence-corrected chi connectivity index (χ4v) is 2.34. The topological polar surface area (TPSA) is 76.7 Å². The minimum absolute atomic E-state index is 0.0184. The molecule has 0 radical (unpaired) electrons. The first-order chi connectivity index (χ1) is 9.72. The van der Waals surface area contributed by atoms with E-state index in [4.69, 9.17) is 9.47 Å². The van der Waals surface area contributed by atoms with E-state index in [0.29, 0.717) is 31.7 Å². The van der Waals surface area contributed by atoms with Gasteiger partial charge in [-0.2, -0.15) is 0 Å². The number of ether oxygens (including phenoxy) is 2. The van der Waals surface area contributed by atoms with Gasteiger partial charge in [-0.25, -0.2) is 0 Å². The summed E-state index contributed by atoms with van der Waals surface area (Å²) in [6.07, 6.45) is 1.03. The summed E-state index contributed by atoms with van der Waals surface area (Å²) in [7, 11) is 0. The molecule has 2 amide bonds. The van der Waals surface area contributed by atoms with Gasteiger partial charge in [-0.3, -0.25) is 9.59 Å². The number of hydrogen-bond donors (Lipinski definition) is 2. The standard InChI is InChI=1S/C14H16N2O4/c17-13-4-2-10(7-15-13)14(18)16-6-9-1-3-11-12(5-9)20-8-19-11/h1,3,5,10H,2,4,6-8H2,(H,15,17)(H,16,18)/t10-/m1/s1. The van der Waals surface area contributed by atoms with Gasteiger partial charge in [0.1, 0.15) is 0 Å². The van der Waals surface area contributed by atoms with Crippen LogP contribution < -0.4 is 20.1 Å². The SMILES string of the molecule is O=C1CC[C@@H](C(=O)NCc2ccc3c(c2)OCO3)CN1. The Bertz CT molecular complexity index is 534. The summed E-state index contributed by atoms with van der Waals surface area (Å²) in [6.45, 7) is 1.11. The molecule has 0 unspecified atom stereocenters. The third kappa shape index (κ3) is 2.68. The molecule has 0 spiro atoms. The number of nitrogens with one attached hydrogen (secondary N) is 2. The lowest BCUT2D eigenvalue weighted by Gasteiger charge is -2.21. The Labute approximate surface area is 116 Å². The third-order valence-electron chi connectivity index (χ3n) is 3.54. The first kappa shape index (κ1) is 12.8. The molecule has 1 aromatic carbocycles. The van der Waals surface area contributed by atoms with Gasteiger partial charge in [-0.15, -0.1) is 0 Å². The highest BCUT2D eigenvalue weighted by Gasteiger charge is 2.24. The van der Waals surface area contributed by atoms with Crippen LogP contribution in [-0.2, 0) is 16.1 Å². The van der Waals surface area contributed by atoms with E-state index in [1.807, 2.05) is 18.2 Å². The van der Waals surface area contributed by atoms with E-state index < -0.39 is 0 Å². The molecular weight excluding hydrogens is 260 g/mol. The summed E-state index contributed by atoms with van der Waals surface area (Å²) < 4.78 is 10.5. The molecule has 6 heteroatoms. The average Bonchev–Trinajstić information content (AvgIpc) is 2.93. The molecule has 0 saturated carbocycles. The van der Waals surface area contributed by atoms with Crippen molar-refractivity contribution in [1.82, 2.24) is 10.6 Å². The van der Waals surface area contributed by atoms with Crippen LogP contribution in [0.25, 0.3) is 0 Å². The van der Waals surface area contributed by atoms with Gasteiger partial charge in [-0.1, -0.05) is 6.07 Å². The predicted octanol–water partition coefficient (Wildman–Crippen LogP) is 0.558. The summed E-state index contributed by atoms with van der Waals surface area (Å²) in [4.78, 5) is 23.0. The van der Waals surface area contributed by atoms with Crippen LogP contribution in [0.15, 0.2) is 18.2 Å². The second-order valence-corrected chi connectivity index (χ2v) is 4.95. The fourth-order valence-electron chi connectivity index (χ4n) is 2.34. The zero-order valence-corrected chi connectivity index (χ0v) is 11.0. The fraction of sp³-hybridized carbons (Fsp3) is 0.429. The zero-order valence-electron chi connectivity index (χ0n) is 11.0. The molecule has 2 N–H and O–H groups in total. The lowest BCUT2D eigenvalue weighted by atomic mass is 9.98. The van der Waals surface area contributed by atoms with Gasteiger partial charge in [0, 0.05) is 19.5 Å². The Kier molecular flexibility index (Phi) is 3.45. The second kappa shape index (κ2) is 5.40. The molecule has 2 aliphatic rings. The monoisotopic (exact) mass is 276 g/mol. The van der Waals surface area contributed by atoms with E-state index in [-0.39, 0.29) is 24.5 Å². The number of rotatable bonds is 3. The highest BCUT2D eigenvalue weighted by atomic mass is 16.7. The Balaban J connectivity index is 1.54. The van der Waals surface area contributed by atoms with Crippen molar-refractivity contribution in [3.8, 4) is 11.5 Å². The number of amides is 2. The van der Waals surface area contributed by atoms with Gasteiger partial charge in [-0.05, 0) is 24.1 Å². The molecule has 20 heavy (non-hydrogen) atoms. The van der Waals surface area contributed by atoms with Gasteiger partial charge in [0.25, 0.3) is 0 Å². The Morgan fingerprint density at radius 3 is 3.00 bits per heavy atom. The Morgan fingerprint density at radius 2 is 2.20 bits per heavy atom. The minimum Gasteiger partial charge on any atom is -0.454 e. The molecule has 6 nitrogen and oxygen atoms in total. The number of carbonyl (C=O) groups excluding carboxylic acids is 2. The maximum Gasteiger partial charge on any atom is 0.231 e. The number of benzene rings is 1. The lowest BCUT2D eigenvalue weighted by molar-refractivity contribution is -0.129. The summed E-state index contributed by atoms with van der Waals surface area (Å²) in [5, 5.41) is 5.60. The maximum atomic E-state index is 12.0. The van der Waals surface area contributed by atoms with E-state index in [0.717, 1.165) is 11.3 Å². The third-order valence-corrected chi connectivity index (χ3v) is 3.54. The maximum absolute atomic E-state index is 12.0. The van der Waals surface area contributed by atoms with Crippen LogP contribution in [0.3, 0.4) is 0 Å². The zero-order chi connectivity index (χ0) is 13.9. The number of carbonyl (C=O) groups is 2. The molecular formula is C14H16N2O4. The van der Waals surface area contributed by atoms with Crippen LogP contribution in [-0.4, -0.2) is 25.2 Å². The van der Waals surface area contributed by atoms with Crippen LogP contribution in [0, 0.1) is 5.92 Å². The Hall–Kier alpha value is -2.24. The summed E-state index contributed by atoms with van der Waals surface area (Å²) in [5.41, 5.74) is 0.961. The molecule has 0 aromatic heterocycles. The molecule has 3 rings (SSSR count). The van der Waals surface area contributed by atoms with Crippen LogP contribution in [0.5, 0.6) is 11.5 Å². The first-order valence-electron chi connectivity index (χ1n) is 6.65. The quantitative estimate of drug-likeness (QED) is 0.845. The molecule has 106 valence electrons. The first-order valence-corrected chi connectivity index (χ1v) is 6.65. The molecule has 1 atom stereocenters. The minimum atomic E-state index is -0.137. The number of fused-ring (bicyclic) bond motifs is 1. The van der Waals surface area contributed by atoms with Gasteiger partial charge < -0.3 is 20.1 Å². The van der Waals surface area contributed by atoms with Gasteiger partial charge in [0.05, 0.1) is 5.92 Å². The molecule has 2 aliphatic heterocycles.